The second-order valence-electron chi connectivity index (χ2n) is 4.76. The second-order valence-corrected chi connectivity index (χ2v) is 4.76. The fourth-order valence-electron chi connectivity index (χ4n) is 2.33. The largest absolute Gasteiger partial charge is 0.381 e. The summed E-state index contributed by atoms with van der Waals surface area (Å²) in [4.78, 5) is 0. The minimum Gasteiger partial charge on any atom is -0.381 e. The molecule has 1 fully saturated rings. The molecule has 0 amide bonds. The van der Waals surface area contributed by atoms with Gasteiger partial charge in [0.2, 0.25) is 0 Å². The van der Waals surface area contributed by atoms with E-state index in [-0.39, 0.29) is 0 Å². The predicted molar refractivity (Wildman–Crippen MR) is 66.6 cm³/mol. The molecule has 0 unspecified atom stereocenters. The van der Waals surface area contributed by atoms with Gasteiger partial charge < -0.3 is 10.1 Å². The fraction of sp³-hybridized carbons (Fsp3) is 0.571. The Hall–Kier alpha value is -0.860. The van der Waals surface area contributed by atoms with Crippen molar-refractivity contribution in [3.8, 4) is 0 Å². The molecule has 1 aromatic carbocycles. The molecule has 0 aliphatic carbocycles. The Labute approximate surface area is 98.0 Å². The van der Waals surface area contributed by atoms with Gasteiger partial charge in [0.1, 0.15) is 0 Å². The maximum absolute atomic E-state index is 5.35. The van der Waals surface area contributed by atoms with Crippen LogP contribution in [0.25, 0.3) is 0 Å². The number of hydrogen-bond donors (Lipinski definition) is 1. The van der Waals surface area contributed by atoms with E-state index in [9.17, 15) is 0 Å². The zero-order valence-electron chi connectivity index (χ0n) is 10.3. The summed E-state index contributed by atoms with van der Waals surface area (Å²) in [6.07, 6.45) is 2.29. The first-order chi connectivity index (χ1) is 7.74. The van der Waals surface area contributed by atoms with Crippen molar-refractivity contribution in [1.29, 1.82) is 0 Å². The van der Waals surface area contributed by atoms with Gasteiger partial charge in [0.25, 0.3) is 0 Å². The SMILES string of the molecule is Cc1cc(C)cc(CNC2CCOCC2)c1. The van der Waals surface area contributed by atoms with Gasteiger partial charge in [-0.3, -0.25) is 0 Å². The van der Waals surface area contributed by atoms with Crippen molar-refractivity contribution in [3.63, 3.8) is 0 Å². The second kappa shape index (κ2) is 5.46. The third kappa shape index (κ3) is 3.32. The summed E-state index contributed by atoms with van der Waals surface area (Å²) in [5.41, 5.74) is 4.09. The van der Waals surface area contributed by atoms with E-state index in [4.69, 9.17) is 4.74 Å². The zero-order chi connectivity index (χ0) is 11.4. The summed E-state index contributed by atoms with van der Waals surface area (Å²) in [6, 6.07) is 7.38. The molecule has 0 aromatic heterocycles. The molecule has 16 heavy (non-hydrogen) atoms. The van der Waals surface area contributed by atoms with Crippen LogP contribution in [0, 0.1) is 13.8 Å². The van der Waals surface area contributed by atoms with Gasteiger partial charge in [0.15, 0.2) is 0 Å². The first-order valence-electron chi connectivity index (χ1n) is 6.12. The van der Waals surface area contributed by atoms with Gasteiger partial charge in [-0.25, -0.2) is 0 Å². The van der Waals surface area contributed by atoms with E-state index in [0.717, 1.165) is 32.6 Å². The number of rotatable bonds is 3. The summed E-state index contributed by atoms with van der Waals surface area (Å²) in [5, 5.41) is 3.61. The standard InChI is InChI=1S/C14H21NO/c1-11-7-12(2)9-13(8-11)10-15-14-3-5-16-6-4-14/h7-9,14-15H,3-6,10H2,1-2H3. The number of aryl methyl sites for hydroxylation is 2. The number of benzene rings is 1. The Bertz CT molecular complexity index is 322. The lowest BCUT2D eigenvalue weighted by molar-refractivity contribution is 0.0776. The highest BCUT2D eigenvalue weighted by Crippen LogP contribution is 2.11. The maximum atomic E-state index is 5.35. The summed E-state index contributed by atoms with van der Waals surface area (Å²) >= 11 is 0. The van der Waals surface area contributed by atoms with Crippen molar-refractivity contribution in [2.45, 2.75) is 39.3 Å². The first-order valence-corrected chi connectivity index (χ1v) is 6.12. The molecule has 88 valence electrons. The predicted octanol–water partition coefficient (Wildman–Crippen LogP) is 2.57. The number of ether oxygens (including phenoxy) is 1. The highest BCUT2D eigenvalue weighted by Gasteiger charge is 2.12. The van der Waals surface area contributed by atoms with Crippen LogP contribution in [0.3, 0.4) is 0 Å². The van der Waals surface area contributed by atoms with Gasteiger partial charge in [-0.15, -0.1) is 0 Å². The molecule has 1 N–H and O–H groups in total. The van der Waals surface area contributed by atoms with Crippen molar-refractivity contribution in [1.82, 2.24) is 5.32 Å². The molecule has 2 heteroatoms. The van der Waals surface area contributed by atoms with Crippen LogP contribution in [0.15, 0.2) is 18.2 Å². The van der Waals surface area contributed by atoms with Gasteiger partial charge in [-0.05, 0) is 32.3 Å². The molecule has 0 spiro atoms. The van der Waals surface area contributed by atoms with E-state index in [1.807, 2.05) is 0 Å². The Kier molecular flexibility index (Phi) is 3.97. The van der Waals surface area contributed by atoms with Gasteiger partial charge >= 0.3 is 0 Å². The van der Waals surface area contributed by atoms with Crippen LogP contribution in [0.2, 0.25) is 0 Å². The topological polar surface area (TPSA) is 21.3 Å². The lowest BCUT2D eigenvalue weighted by Crippen LogP contribution is -2.34. The minimum absolute atomic E-state index is 0.634. The lowest BCUT2D eigenvalue weighted by atomic mass is 10.1. The van der Waals surface area contributed by atoms with Crippen molar-refractivity contribution in [2.75, 3.05) is 13.2 Å². The van der Waals surface area contributed by atoms with Crippen molar-refractivity contribution < 1.29 is 4.74 Å². The third-order valence-corrected chi connectivity index (χ3v) is 3.10. The molecular weight excluding hydrogens is 198 g/mol. The molecule has 1 aromatic rings. The van der Waals surface area contributed by atoms with E-state index < -0.39 is 0 Å². The van der Waals surface area contributed by atoms with Crippen LogP contribution < -0.4 is 5.32 Å². The Morgan fingerprint density at radius 2 is 1.75 bits per heavy atom. The Morgan fingerprint density at radius 1 is 1.12 bits per heavy atom. The molecule has 2 rings (SSSR count). The number of hydrogen-bond acceptors (Lipinski definition) is 2. The highest BCUT2D eigenvalue weighted by atomic mass is 16.5. The monoisotopic (exact) mass is 219 g/mol. The lowest BCUT2D eigenvalue weighted by Gasteiger charge is -2.23. The van der Waals surface area contributed by atoms with Crippen LogP contribution in [0.1, 0.15) is 29.5 Å². The Morgan fingerprint density at radius 3 is 2.38 bits per heavy atom. The van der Waals surface area contributed by atoms with E-state index in [0.29, 0.717) is 6.04 Å². The zero-order valence-corrected chi connectivity index (χ0v) is 10.3. The molecule has 0 atom stereocenters. The average molecular weight is 219 g/mol. The van der Waals surface area contributed by atoms with Crippen LogP contribution in [0.4, 0.5) is 0 Å². The molecule has 0 bridgehead atoms. The smallest absolute Gasteiger partial charge is 0.0480 e. The number of nitrogens with one attached hydrogen (secondary N) is 1. The van der Waals surface area contributed by atoms with E-state index >= 15 is 0 Å². The molecule has 1 saturated heterocycles. The molecule has 1 aliphatic rings. The minimum atomic E-state index is 0.634. The third-order valence-electron chi connectivity index (χ3n) is 3.10. The van der Waals surface area contributed by atoms with Gasteiger partial charge in [0, 0.05) is 25.8 Å². The van der Waals surface area contributed by atoms with Crippen LogP contribution in [-0.2, 0) is 11.3 Å². The van der Waals surface area contributed by atoms with Crippen molar-refractivity contribution in [2.24, 2.45) is 0 Å². The molecule has 0 radical (unpaired) electrons. The van der Waals surface area contributed by atoms with E-state index in [2.05, 4.69) is 37.4 Å². The average Bonchev–Trinajstić information content (AvgIpc) is 2.27. The van der Waals surface area contributed by atoms with E-state index in [1.165, 1.54) is 16.7 Å². The molecule has 1 heterocycles. The van der Waals surface area contributed by atoms with Crippen molar-refractivity contribution >= 4 is 0 Å². The van der Waals surface area contributed by atoms with Crippen LogP contribution in [-0.4, -0.2) is 19.3 Å². The summed E-state index contributed by atoms with van der Waals surface area (Å²) in [6.45, 7) is 7.11. The molecule has 0 saturated carbocycles. The van der Waals surface area contributed by atoms with Gasteiger partial charge in [0.05, 0.1) is 0 Å². The fourth-order valence-corrected chi connectivity index (χ4v) is 2.33. The van der Waals surface area contributed by atoms with Crippen LogP contribution in [0.5, 0.6) is 0 Å². The summed E-state index contributed by atoms with van der Waals surface area (Å²) in [5.74, 6) is 0. The summed E-state index contributed by atoms with van der Waals surface area (Å²) in [7, 11) is 0. The Balaban J connectivity index is 1.88. The van der Waals surface area contributed by atoms with Crippen LogP contribution >= 0.6 is 0 Å². The quantitative estimate of drug-likeness (QED) is 0.843. The van der Waals surface area contributed by atoms with Gasteiger partial charge in [-0.2, -0.15) is 0 Å². The first kappa shape index (κ1) is 11.6. The van der Waals surface area contributed by atoms with Crippen molar-refractivity contribution in [3.05, 3.63) is 34.9 Å². The van der Waals surface area contributed by atoms with Gasteiger partial charge in [-0.1, -0.05) is 29.3 Å². The highest BCUT2D eigenvalue weighted by molar-refractivity contribution is 5.28. The molecule has 1 aliphatic heterocycles. The van der Waals surface area contributed by atoms with E-state index in [1.54, 1.807) is 0 Å². The molecule has 2 nitrogen and oxygen atoms in total. The summed E-state index contributed by atoms with van der Waals surface area (Å²) < 4.78 is 5.35. The maximum Gasteiger partial charge on any atom is 0.0480 e. The normalized spacial score (nSPS) is 17.6. The molecular formula is C14H21NO.